The Morgan fingerprint density at radius 2 is 1.38 bits per heavy atom. The Kier molecular flexibility index (Phi) is 16.0. The van der Waals surface area contributed by atoms with Crippen molar-refractivity contribution >= 4 is 35.5 Å². The van der Waals surface area contributed by atoms with Gasteiger partial charge in [0.1, 0.15) is 0 Å². The number of hydrogen-bond donors (Lipinski definition) is 5. The second-order valence-corrected chi connectivity index (χ2v) is 10.4. The van der Waals surface area contributed by atoms with E-state index in [-0.39, 0.29) is 36.3 Å². The van der Waals surface area contributed by atoms with Gasteiger partial charge in [0, 0.05) is 56.6 Å². The van der Waals surface area contributed by atoms with Crippen molar-refractivity contribution in [3.63, 3.8) is 0 Å². The third-order valence-corrected chi connectivity index (χ3v) is 7.49. The zero-order chi connectivity index (χ0) is 26.7. The van der Waals surface area contributed by atoms with Crippen molar-refractivity contribution in [1.82, 2.24) is 21.3 Å². The van der Waals surface area contributed by atoms with E-state index in [4.69, 9.17) is 19.9 Å². The summed E-state index contributed by atoms with van der Waals surface area (Å²) in [6.07, 6.45) is 4.69. The summed E-state index contributed by atoms with van der Waals surface area (Å²) in [5.41, 5.74) is 5.03. The second kappa shape index (κ2) is 19.0. The minimum Gasteiger partial charge on any atom is -0.379 e. The molecule has 0 aromatic carbocycles. The van der Waals surface area contributed by atoms with Gasteiger partial charge in [0.15, 0.2) is 0 Å². The van der Waals surface area contributed by atoms with E-state index in [1.165, 1.54) is 0 Å². The van der Waals surface area contributed by atoms with Crippen LogP contribution in [-0.2, 0) is 28.6 Å². The highest BCUT2D eigenvalue weighted by Crippen LogP contribution is 2.32. The van der Waals surface area contributed by atoms with Gasteiger partial charge in [-0.05, 0) is 32.1 Å². The fourth-order valence-electron chi connectivity index (χ4n) is 4.05. The average molecular weight is 546 g/mol. The summed E-state index contributed by atoms with van der Waals surface area (Å²) >= 11 is 1.86. The highest BCUT2D eigenvalue weighted by atomic mass is 32.2. The monoisotopic (exact) mass is 545 g/mol. The number of nitrogens with one attached hydrogen (secondary N) is 4. The van der Waals surface area contributed by atoms with E-state index in [0.29, 0.717) is 83.7 Å². The molecule has 0 unspecified atom stereocenters. The molecule has 0 radical (unpaired) electrons. The highest BCUT2D eigenvalue weighted by Gasteiger charge is 2.42. The van der Waals surface area contributed by atoms with Crippen LogP contribution < -0.4 is 27.0 Å². The van der Waals surface area contributed by atoms with Crippen LogP contribution in [0.1, 0.15) is 51.4 Å². The lowest BCUT2D eigenvalue weighted by Gasteiger charge is -2.16. The predicted molar refractivity (Wildman–Crippen MR) is 140 cm³/mol. The zero-order valence-corrected chi connectivity index (χ0v) is 22.4. The lowest BCUT2D eigenvalue weighted by atomic mass is 10.0. The zero-order valence-electron chi connectivity index (χ0n) is 21.6. The summed E-state index contributed by atoms with van der Waals surface area (Å²) in [6.45, 7) is 4.13. The molecule has 2 rings (SSSR count). The third kappa shape index (κ3) is 14.4. The molecule has 2 fully saturated rings. The molecule has 0 spiro atoms. The van der Waals surface area contributed by atoms with E-state index in [0.717, 1.165) is 25.0 Å². The summed E-state index contributed by atoms with van der Waals surface area (Å²) in [4.78, 5) is 45.5. The maximum atomic E-state index is 12.0. The first-order chi connectivity index (χ1) is 18.0. The van der Waals surface area contributed by atoms with Gasteiger partial charge in [-0.1, -0.05) is 0 Å². The van der Waals surface area contributed by atoms with Crippen molar-refractivity contribution in [2.75, 3.05) is 58.5 Å². The number of fused-ring (bicyclic) bond motifs is 1. The van der Waals surface area contributed by atoms with Crippen LogP contribution in [0.2, 0.25) is 0 Å². The van der Waals surface area contributed by atoms with Crippen molar-refractivity contribution in [3.8, 4) is 0 Å². The largest absolute Gasteiger partial charge is 0.379 e. The number of amides is 5. The molecule has 0 aromatic rings. The van der Waals surface area contributed by atoms with Gasteiger partial charge in [-0.15, -0.1) is 0 Å². The van der Waals surface area contributed by atoms with Crippen LogP contribution in [-0.4, -0.2) is 99.6 Å². The number of carbonyl (C=O) groups excluding carboxylic acids is 4. The molecule has 0 saturated carbocycles. The molecule has 0 bridgehead atoms. The number of urea groups is 1. The lowest BCUT2D eigenvalue weighted by molar-refractivity contribution is -0.122. The van der Waals surface area contributed by atoms with Gasteiger partial charge in [-0.3, -0.25) is 14.4 Å². The van der Waals surface area contributed by atoms with Gasteiger partial charge < -0.3 is 41.2 Å². The molecule has 212 valence electrons. The lowest BCUT2D eigenvalue weighted by Crippen LogP contribution is -2.37. The molecule has 2 heterocycles. The first-order valence-corrected chi connectivity index (χ1v) is 14.2. The van der Waals surface area contributed by atoms with Gasteiger partial charge in [-0.25, -0.2) is 4.79 Å². The number of thioether (sulfide) groups is 1. The maximum absolute atomic E-state index is 12.0. The molecule has 37 heavy (non-hydrogen) atoms. The van der Waals surface area contributed by atoms with Crippen LogP contribution in [0, 0.1) is 0 Å². The Bertz CT molecular complexity index is 715. The van der Waals surface area contributed by atoms with Gasteiger partial charge in [-0.2, -0.15) is 11.8 Å². The van der Waals surface area contributed by atoms with Crippen molar-refractivity contribution < 1.29 is 33.4 Å². The second-order valence-electron chi connectivity index (χ2n) is 9.08. The number of rotatable bonds is 22. The van der Waals surface area contributed by atoms with E-state index < -0.39 is 5.91 Å². The molecule has 13 heteroatoms. The van der Waals surface area contributed by atoms with Crippen molar-refractivity contribution in [2.45, 2.75) is 68.7 Å². The minimum atomic E-state index is -0.393. The fourth-order valence-corrected chi connectivity index (χ4v) is 5.60. The molecule has 0 aromatic heterocycles. The Morgan fingerprint density at radius 1 is 0.811 bits per heavy atom. The normalized spacial score (nSPS) is 20.2. The first-order valence-electron chi connectivity index (χ1n) is 13.2. The summed E-state index contributed by atoms with van der Waals surface area (Å²) in [6, 6.07) is 0.331. The van der Waals surface area contributed by atoms with Crippen molar-refractivity contribution in [3.05, 3.63) is 0 Å². The molecule has 5 amide bonds. The third-order valence-electron chi connectivity index (χ3n) is 5.98. The quantitative estimate of drug-likeness (QED) is 0.0938. The Labute approximate surface area is 223 Å². The smallest absolute Gasteiger partial charge is 0.315 e. The Balaban J connectivity index is 1.26. The van der Waals surface area contributed by atoms with Gasteiger partial charge >= 0.3 is 6.03 Å². The van der Waals surface area contributed by atoms with Crippen molar-refractivity contribution in [2.24, 2.45) is 5.73 Å². The predicted octanol–water partition coefficient (Wildman–Crippen LogP) is 0.0401. The molecule has 3 atom stereocenters. The Hall–Kier alpha value is -2.09. The van der Waals surface area contributed by atoms with E-state index in [2.05, 4.69) is 21.3 Å². The van der Waals surface area contributed by atoms with Gasteiger partial charge in [0.05, 0.1) is 38.5 Å². The fraction of sp³-hybridized carbons (Fsp3) is 0.833. The number of primary amides is 1. The topological polar surface area (TPSA) is 170 Å². The molecule has 2 aliphatic heterocycles. The summed E-state index contributed by atoms with van der Waals surface area (Å²) in [5.74, 6) is 0.513. The molecule has 2 aliphatic rings. The number of ether oxygens (including phenoxy) is 3. The Morgan fingerprint density at radius 3 is 1.97 bits per heavy atom. The summed E-state index contributed by atoms with van der Waals surface area (Å²) < 4.78 is 16.4. The van der Waals surface area contributed by atoms with Crippen LogP contribution in [0.4, 0.5) is 4.79 Å². The van der Waals surface area contributed by atoms with Crippen LogP contribution in [0.15, 0.2) is 0 Å². The molecule has 12 nitrogen and oxygen atoms in total. The number of carbonyl (C=O) groups is 4. The van der Waals surface area contributed by atoms with Crippen LogP contribution >= 0.6 is 11.8 Å². The van der Waals surface area contributed by atoms with Crippen molar-refractivity contribution in [1.29, 1.82) is 0 Å². The minimum absolute atomic E-state index is 0.0547. The van der Waals surface area contributed by atoms with Crippen LogP contribution in [0.5, 0.6) is 0 Å². The standard InChI is InChI=1S/C24H43N5O7S/c25-20(30)6-2-8-22(32)27-10-4-12-35-14-16-36-15-13-34-11-3-9-26-21(31)7-1-5-19-23-18(17-37-19)28-24(33)29-23/h18-19,23H,1-17H2,(H2,25,30)(H,26,31)(H,27,32)(H2,28,29,33)/t18-,19-,23-/m1/s1. The molecular formula is C24H43N5O7S. The number of nitrogens with two attached hydrogens (primary N) is 1. The molecule has 6 N–H and O–H groups in total. The molecular weight excluding hydrogens is 502 g/mol. The SMILES string of the molecule is NC(=O)CCCC(=O)NCCCOCCOCCOCCCNC(=O)CCC[C@H]1SC[C@H]2NC(=O)N[C@H]21. The van der Waals surface area contributed by atoms with Gasteiger partial charge in [0.2, 0.25) is 17.7 Å². The maximum Gasteiger partial charge on any atom is 0.315 e. The van der Waals surface area contributed by atoms with E-state index in [9.17, 15) is 19.2 Å². The highest BCUT2D eigenvalue weighted by molar-refractivity contribution is 8.00. The first kappa shape index (κ1) is 31.1. The van der Waals surface area contributed by atoms with Crippen LogP contribution in [0.25, 0.3) is 0 Å². The van der Waals surface area contributed by atoms with E-state index in [1.54, 1.807) is 0 Å². The van der Waals surface area contributed by atoms with Gasteiger partial charge in [0.25, 0.3) is 0 Å². The van der Waals surface area contributed by atoms with E-state index in [1.807, 2.05) is 11.8 Å². The summed E-state index contributed by atoms with van der Waals surface area (Å²) in [5, 5.41) is 12.0. The van der Waals surface area contributed by atoms with Crippen LogP contribution in [0.3, 0.4) is 0 Å². The summed E-state index contributed by atoms with van der Waals surface area (Å²) in [7, 11) is 0. The number of hydrogen-bond acceptors (Lipinski definition) is 8. The molecule has 0 aliphatic carbocycles. The molecule has 2 saturated heterocycles. The average Bonchev–Trinajstić information content (AvgIpc) is 3.40. The van der Waals surface area contributed by atoms with E-state index >= 15 is 0 Å².